The van der Waals surface area contributed by atoms with Crippen LogP contribution >= 0.6 is 0 Å². The summed E-state index contributed by atoms with van der Waals surface area (Å²) >= 11 is 0. The van der Waals surface area contributed by atoms with E-state index in [1.54, 1.807) is 18.9 Å². The topological polar surface area (TPSA) is 69.6 Å². The summed E-state index contributed by atoms with van der Waals surface area (Å²) in [7, 11) is 1.73. The Bertz CT molecular complexity index is 311. The zero-order valence-electron chi connectivity index (χ0n) is 11.5. The lowest BCUT2D eigenvalue weighted by Gasteiger charge is -2.33. The number of nitrogens with zero attached hydrogens (tertiary/aromatic N) is 1. The van der Waals surface area contributed by atoms with E-state index in [0.29, 0.717) is 6.54 Å². The second-order valence-electron chi connectivity index (χ2n) is 5.48. The van der Waals surface area contributed by atoms with Crippen molar-refractivity contribution < 1.29 is 14.7 Å². The summed E-state index contributed by atoms with van der Waals surface area (Å²) in [6.45, 7) is 3.77. The Morgan fingerprint density at radius 2 is 1.94 bits per heavy atom. The number of carbonyl (C=O) groups is 2. The number of hydrogen-bond donors (Lipinski definition) is 2. The van der Waals surface area contributed by atoms with Crippen molar-refractivity contribution in [2.24, 2.45) is 5.41 Å². The summed E-state index contributed by atoms with van der Waals surface area (Å²) in [5.41, 5.74) is -0.139. The molecule has 0 heterocycles. The van der Waals surface area contributed by atoms with Crippen LogP contribution in [0.15, 0.2) is 0 Å². The molecule has 1 fully saturated rings. The lowest BCUT2D eigenvalue weighted by Crippen LogP contribution is -2.48. The normalized spacial score (nSPS) is 19.3. The van der Waals surface area contributed by atoms with Gasteiger partial charge in [-0.3, -0.25) is 9.59 Å². The van der Waals surface area contributed by atoms with Gasteiger partial charge in [-0.15, -0.1) is 0 Å². The van der Waals surface area contributed by atoms with E-state index >= 15 is 0 Å². The number of carbonyl (C=O) groups excluding carboxylic acids is 2. The van der Waals surface area contributed by atoms with Crippen LogP contribution < -0.4 is 5.32 Å². The Kier molecular flexibility index (Phi) is 5.14. The second-order valence-corrected chi connectivity index (χ2v) is 5.48. The van der Waals surface area contributed by atoms with Gasteiger partial charge in [0.1, 0.15) is 6.04 Å². The minimum atomic E-state index is -0.510. The third-order valence-corrected chi connectivity index (χ3v) is 3.74. The quantitative estimate of drug-likeness (QED) is 0.753. The molecule has 0 unspecified atom stereocenters. The molecule has 0 aromatic carbocycles. The van der Waals surface area contributed by atoms with Gasteiger partial charge in [0.25, 0.3) is 0 Å². The van der Waals surface area contributed by atoms with Gasteiger partial charge < -0.3 is 15.3 Å². The van der Waals surface area contributed by atoms with Crippen molar-refractivity contribution in [3.63, 3.8) is 0 Å². The molecule has 0 bridgehead atoms. The predicted molar refractivity (Wildman–Crippen MR) is 68.9 cm³/mol. The summed E-state index contributed by atoms with van der Waals surface area (Å²) in [5.74, 6) is -0.313. The molecule has 0 aliphatic heterocycles. The van der Waals surface area contributed by atoms with Gasteiger partial charge in [0.15, 0.2) is 0 Å². The molecule has 1 rings (SSSR count). The summed E-state index contributed by atoms with van der Waals surface area (Å²) < 4.78 is 0. The van der Waals surface area contributed by atoms with Crippen LogP contribution in [0.4, 0.5) is 0 Å². The number of hydrogen-bond acceptors (Lipinski definition) is 3. The van der Waals surface area contributed by atoms with Gasteiger partial charge >= 0.3 is 0 Å². The minimum absolute atomic E-state index is 0.107. The van der Waals surface area contributed by atoms with Gasteiger partial charge in [0, 0.05) is 25.9 Å². The van der Waals surface area contributed by atoms with Crippen LogP contribution in [0.5, 0.6) is 0 Å². The molecule has 5 nitrogen and oxygen atoms in total. The Balaban J connectivity index is 2.55. The predicted octanol–water partition coefficient (Wildman–Crippen LogP) is 0.522. The van der Waals surface area contributed by atoms with Crippen LogP contribution in [0.1, 0.15) is 39.5 Å². The van der Waals surface area contributed by atoms with E-state index in [0.717, 1.165) is 25.7 Å². The van der Waals surface area contributed by atoms with Crippen LogP contribution in [-0.2, 0) is 9.59 Å². The highest BCUT2D eigenvalue weighted by Crippen LogP contribution is 2.38. The summed E-state index contributed by atoms with van der Waals surface area (Å²) in [5, 5.41) is 12.1. The van der Waals surface area contributed by atoms with Gasteiger partial charge in [-0.2, -0.15) is 0 Å². The van der Waals surface area contributed by atoms with Crippen LogP contribution in [0.2, 0.25) is 0 Å². The maximum Gasteiger partial charge on any atom is 0.244 e. The maximum absolute atomic E-state index is 12.1. The molecule has 1 aliphatic rings. The molecule has 104 valence electrons. The molecule has 5 heteroatoms. The van der Waals surface area contributed by atoms with Gasteiger partial charge in [-0.1, -0.05) is 12.8 Å². The van der Waals surface area contributed by atoms with Gasteiger partial charge in [0.2, 0.25) is 11.8 Å². The average Bonchev–Trinajstić information content (AvgIpc) is 2.76. The molecule has 2 N–H and O–H groups in total. The van der Waals surface area contributed by atoms with E-state index in [1.807, 2.05) is 0 Å². The fourth-order valence-corrected chi connectivity index (χ4v) is 2.77. The van der Waals surface area contributed by atoms with E-state index in [1.165, 1.54) is 6.92 Å². The average molecular weight is 256 g/mol. The van der Waals surface area contributed by atoms with Crippen molar-refractivity contribution in [2.45, 2.75) is 45.6 Å². The highest BCUT2D eigenvalue weighted by molar-refractivity contribution is 5.86. The number of nitrogens with one attached hydrogen (secondary N) is 1. The number of likely N-dealkylation sites (N-methyl/N-ethyl adjacent to an activating group) is 1. The number of amides is 2. The molecule has 0 radical (unpaired) electrons. The number of aliphatic hydroxyl groups excluding tert-OH is 1. The standard InChI is InChI=1S/C13H24N2O3/c1-10(14-11(2)17)12(18)15(3)8-13(9-16)6-4-5-7-13/h10,16H,4-9H2,1-3H3,(H,14,17)/t10-/m0/s1. The maximum atomic E-state index is 12.1. The fourth-order valence-electron chi connectivity index (χ4n) is 2.77. The second kappa shape index (κ2) is 6.18. The first-order chi connectivity index (χ1) is 8.40. The smallest absolute Gasteiger partial charge is 0.244 e. The SMILES string of the molecule is CC(=O)N[C@@H](C)C(=O)N(C)CC1(CO)CCCC1. The van der Waals surface area contributed by atoms with Crippen LogP contribution in [-0.4, -0.2) is 48.1 Å². The van der Waals surface area contributed by atoms with E-state index < -0.39 is 6.04 Å². The molecule has 1 atom stereocenters. The van der Waals surface area contributed by atoms with E-state index in [9.17, 15) is 14.7 Å². The first-order valence-electron chi connectivity index (χ1n) is 6.53. The van der Waals surface area contributed by atoms with Crippen LogP contribution in [0.3, 0.4) is 0 Å². The highest BCUT2D eigenvalue weighted by Gasteiger charge is 2.35. The zero-order valence-corrected chi connectivity index (χ0v) is 11.5. The van der Waals surface area contributed by atoms with Crippen molar-refractivity contribution in [3.05, 3.63) is 0 Å². The van der Waals surface area contributed by atoms with Crippen LogP contribution in [0.25, 0.3) is 0 Å². The molecular weight excluding hydrogens is 232 g/mol. The summed E-state index contributed by atoms with van der Waals surface area (Å²) in [6.07, 6.45) is 4.17. The van der Waals surface area contributed by atoms with Gasteiger partial charge in [-0.05, 0) is 19.8 Å². The van der Waals surface area contributed by atoms with Crippen molar-refractivity contribution in [3.8, 4) is 0 Å². The van der Waals surface area contributed by atoms with E-state index in [2.05, 4.69) is 5.32 Å². The Hall–Kier alpha value is -1.10. The van der Waals surface area contributed by atoms with Crippen molar-refractivity contribution in [2.75, 3.05) is 20.2 Å². The molecule has 1 saturated carbocycles. The lowest BCUT2D eigenvalue weighted by molar-refractivity contribution is -0.136. The first-order valence-corrected chi connectivity index (χ1v) is 6.53. The third-order valence-electron chi connectivity index (χ3n) is 3.74. The highest BCUT2D eigenvalue weighted by atomic mass is 16.3. The summed E-state index contributed by atoms with van der Waals surface area (Å²) in [6, 6.07) is -0.510. The molecule has 2 amide bonds. The fraction of sp³-hybridized carbons (Fsp3) is 0.846. The molecule has 1 aliphatic carbocycles. The number of rotatable bonds is 5. The monoisotopic (exact) mass is 256 g/mol. The Morgan fingerprint density at radius 3 is 2.39 bits per heavy atom. The Morgan fingerprint density at radius 1 is 1.39 bits per heavy atom. The molecular formula is C13H24N2O3. The Labute approximate surface area is 109 Å². The molecule has 0 spiro atoms. The zero-order chi connectivity index (χ0) is 13.8. The van der Waals surface area contributed by atoms with Gasteiger partial charge in [-0.25, -0.2) is 0 Å². The molecule has 0 aromatic heterocycles. The largest absolute Gasteiger partial charge is 0.396 e. The summed E-state index contributed by atoms with van der Waals surface area (Å²) in [4.78, 5) is 24.6. The van der Waals surface area contributed by atoms with Gasteiger partial charge in [0.05, 0.1) is 6.61 Å². The van der Waals surface area contributed by atoms with Crippen molar-refractivity contribution in [1.29, 1.82) is 0 Å². The van der Waals surface area contributed by atoms with Crippen LogP contribution in [0, 0.1) is 5.41 Å². The molecule has 0 aromatic rings. The minimum Gasteiger partial charge on any atom is -0.396 e. The lowest BCUT2D eigenvalue weighted by atomic mass is 9.86. The molecule has 18 heavy (non-hydrogen) atoms. The number of aliphatic hydroxyl groups is 1. The van der Waals surface area contributed by atoms with Crippen molar-refractivity contribution >= 4 is 11.8 Å². The van der Waals surface area contributed by atoms with Crippen molar-refractivity contribution in [1.82, 2.24) is 10.2 Å². The van der Waals surface area contributed by atoms with E-state index in [-0.39, 0.29) is 23.8 Å². The van der Waals surface area contributed by atoms with E-state index in [4.69, 9.17) is 0 Å². The first kappa shape index (κ1) is 15.0. The molecule has 0 saturated heterocycles. The third kappa shape index (κ3) is 3.70.